The van der Waals surface area contributed by atoms with Crippen molar-refractivity contribution in [3.05, 3.63) is 28.9 Å². The zero-order valence-corrected chi connectivity index (χ0v) is 23.5. The minimum absolute atomic E-state index is 0.303. The van der Waals surface area contributed by atoms with Crippen LogP contribution in [-0.4, -0.2) is 66.1 Å². The van der Waals surface area contributed by atoms with Crippen LogP contribution in [0.2, 0.25) is 5.02 Å². The molecular weight excluding hydrogens is 492 g/mol. The molecule has 7 nitrogen and oxygen atoms in total. The molecule has 0 aliphatic heterocycles. The van der Waals surface area contributed by atoms with E-state index in [1.54, 1.807) is 32.5 Å². The van der Waals surface area contributed by atoms with Gasteiger partial charge in [0.25, 0.3) is 0 Å². The smallest absolute Gasteiger partial charge is 0.189 e. The van der Waals surface area contributed by atoms with Crippen LogP contribution in [-0.2, 0) is 11.5 Å². The minimum Gasteiger partial charge on any atom is -0.493 e. The zero-order valence-electron chi connectivity index (χ0n) is 21.1. The van der Waals surface area contributed by atoms with Crippen LogP contribution in [0.1, 0.15) is 19.4 Å². The highest BCUT2D eigenvalue weighted by Crippen LogP contribution is 2.41. The van der Waals surface area contributed by atoms with Gasteiger partial charge < -0.3 is 18.8 Å². The highest BCUT2D eigenvalue weighted by Gasteiger charge is 2.22. The predicted octanol–water partition coefficient (Wildman–Crippen LogP) is 6.06. The van der Waals surface area contributed by atoms with E-state index >= 15 is 0 Å². The fourth-order valence-corrected chi connectivity index (χ4v) is 4.36. The van der Waals surface area contributed by atoms with Crippen molar-refractivity contribution in [1.29, 1.82) is 5.26 Å². The Kier molecular flexibility index (Phi) is 10.4. The van der Waals surface area contributed by atoms with Crippen LogP contribution in [0.3, 0.4) is 0 Å². The summed E-state index contributed by atoms with van der Waals surface area (Å²) in [6.07, 6.45) is 10.4. The molecule has 0 saturated carbocycles. The number of fused-ring (bicyclic) bond motifs is 1. The summed E-state index contributed by atoms with van der Waals surface area (Å²) >= 11 is 8.02. The number of rotatable bonds is 9. The fourth-order valence-electron chi connectivity index (χ4n) is 3.14. The van der Waals surface area contributed by atoms with Gasteiger partial charge in [0.1, 0.15) is 18.4 Å². The third kappa shape index (κ3) is 6.51. The van der Waals surface area contributed by atoms with Gasteiger partial charge in [0.05, 0.1) is 42.5 Å². The van der Waals surface area contributed by atoms with Gasteiger partial charge in [0.2, 0.25) is 0 Å². The Morgan fingerprint density at radius 1 is 1.12 bits per heavy atom. The Hall–Kier alpha value is -2.12. The predicted molar refractivity (Wildman–Crippen MR) is 145 cm³/mol. The third-order valence-corrected chi connectivity index (χ3v) is 7.05. The maximum Gasteiger partial charge on any atom is 0.189 e. The molecule has 3 aromatic rings. The fraction of sp³-hybridized carbons (Fsp3) is 0.458. The summed E-state index contributed by atoms with van der Waals surface area (Å²) in [5.41, 5.74) is 2.29. The first-order valence-electron chi connectivity index (χ1n) is 10.7. The van der Waals surface area contributed by atoms with E-state index in [0.717, 1.165) is 5.75 Å². The van der Waals surface area contributed by atoms with Crippen molar-refractivity contribution < 1.29 is 14.2 Å². The number of ether oxygens (including phenoxy) is 3. The Morgan fingerprint density at radius 2 is 1.76 bits per heavy atom. The summed E-state index contributed by atoms with van der Waals surface area (Å²) in [5.74, 6) is 2.05. The molecule has 0 unspecified atom stereocenters. The summed E-state index contributed by atoms with van der Waals surface area (Å²) in [6.45, 7) is 4.95. The summed E-state index contributed by atoms with van der Waals surface area (Å²) < 4.78 is 18.6. The SMILES string of the molecule is CC.COc1cc(Cl)c(-c2nc(SC)nc3c2c(C#N)cn3COCCS(C)(C)C)cc1OC. The number of thioether (sulfide) groups is 1. The Labute approximate surface area is 213 Å². The van der Waals surface area contributed by atoms with Crippen molar-refractivity contribution in [2.45, 2.75) is 25.7 Å². The van der Waals surface area contributed by atoms with E-state index in [9.17, 15) is 5.26 Å². The van der Waals surface area contributed by atoms with Crippen LogP contribution in [0.5, 0.6) is 11.5 Å². The van der Waals surface area contributed by atoms with Crippen molar-refractivity contribution in [3.63, 3.8) is 0 Å². The maximum absolute atomic E-state index is 9.84. The maximum atomic E-state index is 9.84. The first-order chi connectivity index (χ1) is 16.2. The molecule has 186 valence electrons. The minimum atomic E-state index is -0.643. The molecular formula is C24H33ClN4O3S2. The largest absolute Gasteiger partial charge is 0.493 e. The van der Waals surface area contributed by atoms with E-state index in [-0.39, 0.29) is 0 Å². The molecule has 0 N–H and O–H groups in total. The van der Waals surface area contributed by atoms with Crippen LogP contribution < -0.4 is 9.47 Å². The molecule has 0 amide bonds. The lowest BCUT2D eigenvalue weighted by Crippen LogP contribution is -2.10. The Morgan fingerprint density at radius 3 is 2.32 bits per heavy atom. The molecule has 2 heterocycles. The average molecular weight is 525 g/mol. The number of aromatic nitrogens is 3. The van der Waals surface area contributed by atoms with Gasteiger partial charge in [-0.1, -0.05) is 37.2 Å². The second-order valence-electron chi connectivity index (χ2n) is 7.90. The highest BCUT2D eigenvalue weighted by atomic mass is 35.5. The monoisotopic (exact) mass is 524 g/mol. The van der Waals surface area contributed by atoms with E-state index in [2.05, 4.69) is 29.8 Å². The van der Waals surface area contributed by atoms with Crippen LogP contribution in [0, 0.1) is 11.3 Å². The normalized spacial score (nSPS) is 11.5. The van der Waals surface area contributed by atoms with Gasteiger partial charge in [-0.05, 0) is 31.1 Å². The van der Waals surface area contributed by atoms with E-state index in [0.29, 0.717) is 62.9 Å². The van der Waals surface area contributed by atoms with E-state index in [4.69, 9.17) is 30.8 Å². The number of benzene rings is 1. The van der Waals surface area contributed by atoms with Gasteiger partial charge >= 0.3 is 0 Å². The van der Waals surface area contributed by atoms with Crippen LogP contribution in [0.25, 0.3) is 22.3 Å². The van der Waals surface area contributed by atoms with E-state index in [1.807, 2.05) is 24.7 Å². The highest BCUT2D eigenvalue weighted by molar-refractivity contribution is 8.32. The number of hydrogen-bond donors (Lipinski definition) is 0. The van der Waals surface area contributed by atoms with Gasteiger partial charge in [-0.25, -0.2) is 20.0 Å². The second kappa shape index (κ2) is 12.5. The lowest BCUT2D eigenvalue weighted by molar-refractivity contribution is 0.0923. The average Bonchev–Trinajstić information content (AvgIpc) is 3.19. The number of nitrogens with zero attached hydrogens (tertiary/aromatic N) is 4. The van der Waals surface area contributed by atoms with E-state index in [1.165, 1.54) is 11.8 Å². The molecule has 10 heteroatoms. The Bertz CT molecular complexity index is 1170. The van der Waals surface area contributed by atoms with Crippen LogP contribution >= 0.6 is 33.4 Å². The molecule has 0 aliphatic rings. The topological polar surface area (TPSA) is 82.2 Å². The van der Waals surface area contributed by atoms with Crippen molar-refractivity contribution >= 4 is 44.4 Å². The molecule has 1 aromatic carbocycles. The summed E-state index contributed by atoms with van der Waals surface area (Å²) in [4.78, 5) is 9.37. The van der Waals surface area contributed by atoms with Gasteiger partial charge in [-0.3, -0.25) is 0 Å². The summed E-state index contributed by atoms with van der Waals surface area (Å²) in [6, 6.07) is 5.72. The van der Waals surface area contributed by atoms with Gasteiger partial charge in [-0.2, -0.15) is 5.26 Å². The molecule has 0 saturated heterocycles. The molecule has 0 fully saturated rings. The van der Waals surface area contributed by atoms with Gasteiger partial charge in [0, 0.05) is 23.6 Å². The third-order valence-electron chi connectivity index (χ3n) is 4.80. The second-order valence-corrected chi connectivity index (χ2v) is 13.7. The van der Waals surface area contributed by atoms with Crippen molar-refractivity contribution in [3.8, 4) is 28.8 Å². The zero-order chi connectivity index (χ0) is 25.5. The molecule has 0 atom stereocenters. The summed E-state index contributed by atoms with van der Waals surface area (Å²) in [5, 5.41) is 11.5. The van der Waals surface area contributed by atoms with Crippen molar-refractivity contribution in [2.24, 2.45) is 0 Å². The molecule has 0 aliphatic carbocycles. The number of halogens is 1. The number of methoxy groups -OCH3 is 2. The lowest BCUT2D eigenvalue weighted by atomic mass is 10.1. The molecule has 0 spiro atoms. The van der Waals surface area contributed by atoms with Crippen LogP contribution in [0.15, 0.2) is 23.5 Å². The first-order valence-corrected chi connectivity index (χ1v) is 15.4. The molecule has 34 heavy (non-hydrogen) atoms. The van der Waals surface area contributed by atoms with Crippen LogP contribution in [0.4, 0.5) is 0 Å². The number of nitriles is 1. The molecule has 0 bridgehead atoms. The quantitative estimate of drug-likeness (QED) is 0.191. The summed E-state index contributed by atoms with van der Waals surface area (Å²) in [7, 11) is 2.47. The molecule has 2 aromatic heterocycles. The van der Waals surface area contributed by atoms with Crippen molar-refractivity contribution in [2.75, 3.05) is 51.6 Å². The Balaban J connectivity index is 0.00000199. The molecule has 0 radical (unpaired) electrons. The van der Waals surface area contributed by atoms with E-state index < -0.39 is 10.0 Å². The standard InChI is InChI=1S/C22H27ClN4O3S2.C2H6/c1-28-17-9-15(16(23)10-18(17)29-2)20-19-14(11-24)12-27(13-30-7-8-32(4,5)6)21(19)26-22(25-20)31-3;1-2/h9-10,12H,7-8,13H2,1-6H3;1-2H3. The number of hydrogen-bond acceptors (Lipinski definition) is 7. The van der Waals surface area contributed by atoms with Gasteiger partial charge in [0.15, 0.2) is 16.7 Å². The molecule has 3 rings (SSSR count). The van der Waals surface area contributed by atoms with Crippen molar-refractivity contribution in [1.82, 2.24) is 14.5 Å². The lowest BCUT2D eigenvalue weighted by Gasteiger charge is -2.24. The van der Waals surface area contributed by atoms with Gasteiger partial charge in [-0.15, -0.1) is 0 Å². The first kappa shape index (κ1) is 28.1.